The maximum Gasteiger partial charge on any atom is 0.224 e. The average Bonchev–Trinajstić information content (AvgIpc) is 3.09. The molecule has 136 valence electrons. The van der Waals surface area contributed by atoms with Crippen molar-refractivity contribution in [1.29, 1.82) is 0 Å². The van der Waals surface area contributed by atoms with Gasteiger partial charge in [0, 0.05) is 32.4 Å². The predicted octanol–water partition coefficient (Wildman–Crippen LogP) is 2.37. The predicted molar refractivity (Wildman–Crippen MR) is 103 cm³/mol. The Labute approximate surface area is 153 Å². The van der Waals surface area contributed by atoms with Crippen LogP contribution in [-0.2, 0) is 4.79 Å². The van der Waals surface area contributed by atoms with E-state index in [4.69, 9.17) is 0 Å². The molecule has 1 N–H and O–H groups in total. The summed E-state index contributed by atoms with van der Waals surface area (Å²) < 4.78 is 0. The molecule has 3 heterocycles. The second-order valence-electron chi connectivity index (χ2n) is 6.43. The molecule has 1 fully saturated rings. The van der Waals surface area contributed by atoms with Gasteiger partial charge in [0.05, 0.1) is 5.92 Å². The second kappa shape index (κ2) is 8.58. The lowest BCUT2D eigenvalue weighted by Crippen LogP contribution is -2.44. The highest BCUT2D eigenvalue weighted by Gasteiger charge is 2.27. The van der Waals surface area contributed by atoms with Crippen molar-refractivity contribution in [2.45, 2.75) is 26.7 Å². The lowest BCUT2D eigenvalue weighted by Gasteiger charge is -2.31. The molecule has 2 aromatic rings. The number of hydrogen-bond acceptors (Lipinski definition) is 6. The normalized spacial score (nSPS) is 18.0. The van der Waals surface area contributed by atoms with Crippen LogP contribution in [0.25, 0.3) is 10.3 Å². The van der Waals surface area contributed by atoms with Crippen molar-refractivity contribution in [3.8, 4) is 0 Å². The number of fused-ring (bicyclic) bond motifs is 1. The minimum Gasteiger partial charge on any atom is -0.355 e. The summed E-state index contributed by atoms with van der Waals surface area (Å²) in [5.74, 6) is 0.224. The van der Waals surface area contributed by atoms with E-state index < -0.39 is 0 Å². The Balaban J connectivity index is 1.56. The monoisotopic (exact) mass is 361 g/mol. The molecule has 1 unspecified atom stereocenters. The van der Waals surface area contributed by atoms with Crippen molar-refractivity contribution in [3.63, 3.8) is 0 Å². The third-order valence-corrected chi connectivity index (χ3v) is 5.88. The van der Waals surface area contributed by atoms with Gasteiger partial charge in [0.1, 0.15) is 10.3 Å². The largest absolute Gasteiger partial charge is 0.355 e. The number of carbonyl (C=O) groups excluding carboxylic acids is 1. The molecule has 0 aliphatic carbocycles. The summed E-state index contributed by atoms with van der Waals surface area (Å²) >= 11 is 1.61. The maximum atomic E-state index is 12.5. The molecule has 1 saturated heterocycles. The number of carbonyl (C=O) groups is 1. The molecular weight excluding hydrogens is 334 g/mol. The Hall–Kier alpha value is -1.73. The molecule has 25 heavy (non-hydrogen) atoms. The van der Waals surface area contributed by atoms with Gasteiger partial charge in [-0.05, 0) is 38.1 Å². The number of aromatic nitrogens is 2. The molecule has 3 rings (SSSR count). The molecule has 1 amide bonds. The number of likely N-dealkylation sites (N-methyl/N-ethyl adjacent to an activating group) is 1. The Morgan fingerprint density at radius 3 is 3.04 bits per heavy atom. The van der Waals surface area contributed by atoms with E-state index in [-0.39, 0.29) is 11.8 Å². The van der Waals surface area contributed by atoms with Crippen molar-refractivity contribution in [2.24, 2.45) is 5.92 Å². The van der Waals surface area contributed by atoms with Gasteiger partial charge in [0.25, 0.3) is 0 Å². The fourth-order valence-corrected chi connectivity index (χ4v) is 4.22. The van der Waals surface area contributed by atoms with Gasteiger partial charge in [0.15, 0.2) is 5.13 Å². The Bertz CT molecular complexity index is 667. The number of nitrogens with one attached hydrogen (secondary N) is 1. The summed E-state index contributed by atoms with van der Waals surface area (Å²) in [5, 5.41) is 4.09. The Morgan fingerprint density at radius 1 is 1.44 bits per heavy atom. The quantitative estimate of drug-likeness (QED) is 0.820. The summed E-state index contributed by atoms with van der Waals surface area (Å²) in [7, 11) is 0. The summed E-state index contributed by atoms with van der Waals surface area (Å²) in [5.41, 5.74) is 0.938. The van der Waals surface area contributed by atoms with Crippen molar-refractivity contribution in [1.82, 2.24) is 20.2 Å². The first kappa shape index (κ1) is 18.1. The molecule has 0 aromatic carbocycles. The minimum atomic E-state index is 0.0467. The summed E-state index contributed by atoms with van der Waals surface area (Å²) in [4.78, 5) is 27.1. The van der Waals surface area contributed by atoms with E-state index in [1.54, 1.807) is 17.5 Å². The number of piperidine rings is 1. The van der Waals surface area contributed by atoms with E-state index in [1.807, 2.05) is 12.1 Å². The highest BCUT2D eigenvalue weighted by atomic mass is 32.1. The molecule has 0 radical (unpaired) electrons. The van der Waals surface area contributed by atoms with Crippen LogP contribution in [0.3, 0.4) is 0 Å². The molecule has 1 atom stereocenters. The van der Waals surface area contributed by atoms with Crippen LogP contribution in [0.4, 0.5) is 5.13 Å². The van der Waals surface area contributed by atoms with Crippen LogP contribution in [0, 0.1) is 5.92 Å². The zero-order chi connectivity index (χ0) is 17.6. The highest BCUT2D eigenvalue weighted by Crippen LogP contribution is 2.30. The van der Waals surface area contributed by atoms with E-state index in [1.165, 1.54) is 0 Å². The molecule has 1 aliphatic rings. The van der Waals surface area contributed by atoms with Crippen LogP contribution in [0.5, 0.6) is 0 Å². The molecule has 2 aromatic heterocycles. The topological polar surface area (TPSA) is 61.4 Å². The first-order chi connectivity index (χ1) is 12.2. The molecular formula is C18H27N5OS. The van der Waals surface area contributed by atoms with Crippen LogP contribution in [0.1, 0.15) is 26.7 Å². The van der Waals surface area contributed by atoms with E-state index in [0.717, 1.165) is 67.6 Å². The number of hydrogen-bond donors (Lipinski definition) is 1. The van der Waals surface area contributed by atoms with Crippen molar-refractivity contribution < 1.29 is 4.79 Å². The van der Waals surface area contributed by atoms with Crippen LogP contribution >= 0.6 is 11.3 Å². The second-order valence-corrected chi connectivity index (χ2v) is 7.38. The van der Waals surface area contributed by atoms with Gasteiger partial charge in [0.2, 0.25) is 5.91 Å². The van der Waals surface area contributed by atoms with Crippen LogP contribution < -0.4 is 10.2 Å². The number of amides is 1. The smallest absolute Gasteiger partial charge is 0.224 e. The van der Waals surface area contributed by atoms with Gasteiger partial charge in [-0.1, -0.05) is 25.2 Å². The van der Waals surface area contributed by atoms with Crippen LogP contribution in [0.2, 0.25) is 0 Å². The third-order valence-electron chi connectivity index (χ3n) is 4.84. The molecule has 0 saturated carbocycles. The fourth-order valence-electron chi connectivity index (χ4n) is 3.28. The molecule has 1 aliphatic heterocycles. The highest BCUT2D eigenvalue weighted by molar-refractivity contribution is 7.21. The Morgan fingerprint density at radius 2 is 2.28 bits per heavy atom. The van der Waals surface area contributed by atoms with Crippen LogP contribution in [-0.4, -0.2) is 60.0 Å². The van der Waals surface area contributed by atoms with E-state index in [9.17, 15) is 4.79 Å². The number of rotatable bonds is 7. The van der Waals surface area contributed by atoms with E-state index in [0.29, 0.717) is 0 Å². The first-order valence-corrected chi connectivity index (χ1v) is 9.99. The lowest BCUT2D eigenvalue weighted by molar-refractivity contribution is -0.125. The molecule has 0 spiro atoms. The van der Waals surface area contributed by atoms with Gasteiger partial charge < -0.3 is 15.1 Å². The van der Waals surface area contributed by atoms with Gasteiger partial charge in [-0.3, -0.25) is 4.79 Å². The number of nitrogens with zero attached hydrogens (tertiary/aromatic N) is 4. The van der Waals surface area contributed by atoms with Gasteiger partial charge in [-0.15, -0.1) is 0 Å². The number of anilines is 1. The molecule has 0 bridgehead atoms. The van der Waals surface area contributed by atoms with Gasteiger partial charge >= 0.3 is 0 Å². The first-order valence-electron chi connectivity index (χ1n) is 9.17. The van der Waals surface area contributed by atoms with Crippen LogP contribution in [0.15, 0.2) is 18.3 Å². The summed E-state index contributed by atoms with van der Waals surface area (Å²) in [6.45, 7) is 9.69. The zero-order valence-corrected chi connectivity index (χ0v) is 15.9. The standard InChI is InChI=1S/C18H27N5OS/c1-3-22(4-2)12-10-19-16(24)14-7-6-11-23(13-14)18-21-15-8-5-9-20-17(15)25-18/h5,8-9,14H,3-4,6-7,10-13H2,1-2H3,(H,19,24). The third kappa shape index (κ3) is 4.46. The summed E-state index contributed by atoms with van der Waals surface area (Å²) in [6.07, 6.45) is 3.78. The number of thiazole rings is 1. The van der Waals surface area contributed by atoms with Crippen molar-refractivity contribution >= 4 is 32.7 Å². The van der Waals surface area contributed by atoms with E-state index in [2.05, 4.69) is 38.9 Å². The van der Waals surface area contributed by atoms with Crippen molar-refractivity contribution in [3.05, 3.63) is 18.3 Å². The van der Waals surface area contributed by atoms with E-state index >= 15 is 0 Å². The zero-order valence-electron chi connectivity index (χ0n) is 15.1. The van der Waals surface area contributed by atoms with Gasteiger partial charge in [-0.2, -0.15) is 0 Å². The Kier molecular flexibility index (Phi) is 6.20. The lowest BCUT2D eigenvalue weighted by atomic mass is 9.97. The SMILES string of the molecule is CCN(CC)CCNC(=O)C1CCCN(c2nc3cccnc3s2)C1. The fraction of sp³-hybridized carbons (Fsp3) is 0.611. The van der Waals surface area contributed by atoms with Gasteiger partial charge in [-0.25, -0.2) is 9.97 Å². The molecule has 6 nitrogen and oxygen atoms in total. The number of pyridine rings is 1. The van der Waals surface area contributed by atoms with Crippen molar-refractivity contribution in [2.75, 3.05) is 44.2 Å². The average molecular weight is 362 g/mol. The maximum absolute atomic E-state index is 12.5. The minimum absolute atomic E-state index is 0.0467. The molecule has 7 heteroatoms. The summed E-state index contributed by atoms with van der Waals surface area (Å²) in [6, 6.07) is 3.90.